The van der Waals surface area contributed by atoms with Crippen LogP contribution in [0.5, 0.6) is 0 Å². The van der Waals surface area contributed by atoms with E-state index in [1.807, 2.05) is 29.2 Å². The highest BCUT2D eigenvalue weighted by Crippen LogP contribution is 2.38. The van der Waals surface area contributed by atoms with Crippen LogP contribution in [0, 0.1) is 0 Å². The number of amides is 2. The molecule has 2 fully saturated rings. The standard InChI is InChI=1S/C24H27N7O2.H2S/c1-15(16-4-3-5-17-18(23(33)25-2)6-9-26-22(16)17)11-27-19-10-20(29-14-28-19)31-12-21(32)30-24(13-31)7-8-24;/h3-6,9-10,14-15H,7-8,11-13H2,1-2H3,(H,25,33)(H,30,32)(H,27,28,29);1H2/t15-;/m1./s1. The lowest BCUT2D eigenvalue weighted by atomic mass is 9.96. The predicted molar refractivity (Wildman–Crippen MR) is 137 cm³/mol. The summed E-state index contributed by atoms with van der Waals surface area (Å²) in [4.78, 5) is 39.7. The first-order valence-electron chi connectivity index (χ1n) is 11.2. The molecule has 34 heavy (non-hydrogen) atoms. The number of rotatable bonds is 6. The molecule has 3 heterocycles. The van der Waals surface area contributed by atoms with Crippen LogP contribution in [0.3, 0.4) is 0 Å². The van der Waals surface area contributed by atoms with Crippen molar-refractivity contribution in [2.45, 2.75) is 31.2 Å². The number of pyridine rings is 1. The summed E-state index contributed by atoms with van der Waals surface area (Å²) in [5, 5.41) is 10.0. The summed E-state index contributed by atoms with van der Waals surface area (Å²) in [6, 6.07) is 9.56. The number of nitrogens with zero attached hydrogens (tertiary/aromatic N) is 4. The zero-order valence-electron chi connectivity index (χ0n) is 19.3. The minimum absolute atomic E-state index is 0. The summed E-state index contributed by atoms with van der Waals surface area (Å²) in [6.45, 7) is 3.83. The van der Waals surface area contributed by atoms with Gasteiger partial charge >= 0.3 is 0 Å². The first kappa shape index (κ1) is 23.7. The van der Waals surface area contributed by atoms with Gasteiger partial charge in [-0.15, -0.1) is 0 Å². The van der Waals surface area contributed by atoms with Crippen molar-refractivity contribution in [3.05, 3.63) is 54.0 Å². The first-order chi connectivity index (χ1) is 16.0. The van der Waals surface area contributed by atoms with Crippen LogP contribution in [-0.2, 0) is 4.79 Å². The molecule has 1 saturated carbocycles. The topological polar surface area (TPSA) is 112 Å². The van der Waals surface area contributed by atoms with Gasteiger partial charge in [-0.05, 0) is 24.5 Å². The molecule has 2 amide bonds. The van der Waals surface area contributed by atoms with Crippen molar-refractivity contribution < 1.29 is 9.59 Å². The van der Waals surface area contributed by atoms with Crippen molar-refractivity contribution >= 4 is 47.8 Å². The number of piperazine rings is 1. The summed E-state index contributed by atoms with van der Waals surface area (Å²) >= 11 is 0. The molecule has 9 nitrogen and oxygen atoms in total. The van der Waals surface area contributed by atoms with Gasteiger partial charge in [-0.2, -0.15) is 13.5 Å². The zero-order chi connectivity index (χ0) is 23.0. The van der Waals surface area contributed by atoms with Crippen molar-refractivity contribution in [1.29, 1.82) is 0 Å². The van der Waals surface area contributed by atoms with Crippen molar-refractivity contribution in [2.24, 2.45) is 0 Å². The molecule has 2 aliphatic rings. The van der Waals surface area contributed by atoms with Gasteiger partial charge in [0.15, 0.2) is 0 Å². The van der Waals surface area contributed by atoms with Gasteiger partial charge in [-0.25, -0.2) is 9.97 Å². The van der Waals surface area contributed by atoms with Gasteiger partial charge in [0.1, 0.15) is 18.0 Å². The number of nitrogens with one attached hydrogen (secondary N) is 3. The lowest BCUT2D eigenvalue weighted by molar-refractivity contribution is -0.121. The molecule has 1 aliphatic heterocycles. The van der Waals surface area contributed by atoms with Crippen molar-refractivity contribution in [3.8, 4) is 0 Å². The SMILES string of the molecule is CNC(=O)c1ccnc2c([C@H](C)CNc3cc(N4CC(=O)NC5(CC5)C4)ncn3)cccc12.S. The van der Waals surface area contributed by atoms with Gasteiger partial charge < -0.3 is 20.9 Å². The number of fused-ring (bicyclic) bond motifs is 1. The normalized spacial score (nSPS) is 17.0. The van der Waals surface area contributed by atoms with Gasteiger partial charge in [-0.3, -0.25) is 14.6 Å². The molecule has 2 aromatic heterocycles. The van der Waals surface area contributed by atoms with E-state index in [1.165, 1.54) is 6.33 Å². The number of para-hydroxylation sites is 1. The van der Waals surface area contributed by atoms with Gasteiger partial charge in [0.2, 0.25) is 5.91 Å². The van der Waals surface area contributed by atoms with Gasteiger partial charge in [0.25, 0.3) is 5.91 Å². The third-order valence-corrected chi connectivity index (χ3v) is 6.46. The summed E-state index contributed by atoms with van der Waals surface area (Å²) in [7, 11) is 1.63. The highest BCUT2D eigenvalue weighted by atomic mass is 32.1. The van der Waals surface area contributed by atoms with Crippen LogP contribution in [0.4, 0.5) is 11.6 Å². The summed E-state index contributed by atoms with van der Waals surface area (Å²) in [5.41, 5.74) is 2.43. The Morgan fingerprint density at radius 2 is 2.06 bits per heavy atom. The third kappa shape index (κ3) is 4.63. The molecule has 0 bridgehead atoms. The predicted octanol–water partition coefficient (Wildman–Crippen LogP) is 2.18. The summed E-state index contributed by atoms with van der Waals surface area (Å²) < 4.78 is 0. The molecule has 1 aromatic carbocycles. The van der Waals surface area contributed by atoms with E-state index in [1.54, 1.807) is 19.3 Å². The van der Waals surface area contributed by atoms with Crippen molar-refractivity contribution in [3.63, 3.8) is 0 Å². The minimum atomic E-state index is -0.127. The van der Waals surface area contributed by atoms with Crippen LogP contribution in [0.2, 0.25) is 0 Å². The van der Waals surface area contributed by atoms with E-state index < -0.39 is 0 Å². The van der Waals surface area contributed by atoms with E-state index >= 15 is 0 Å². The number of anilines is 2. The second-order valence-corrected chi connectivity index (χ2v) is 8.91. The number of carbonyl (C=O) groups is 2. The molecule has 10 heteroatoms. The monoisotopic (exact) mass is 479 g/mol. The Morgan fingerprint density at radius 1 is 1.24 bits per heavy atom. The maximum Gasteiger partial charge on any atom is 0.251 e. The number of aromatic nitrogens is 3. The molecule has 1 atom stereocenters. The largest absolute Gasteiger partial charge is 0.369 e. The number of hydrogen-bond acceptors (Lipinski definition) is 7. The first-order valence-corrected chi connectivity index (χ1v) is 11.2. The Balaban J connectivity index is 0.00000274. The van der Waals surface area contributed by atoms with Gasteiger partial charge in [0, 0.05) is 43.7 Å². The fraction of sp³-hybridized carbons (Fsp3) is 0.375. The Hall–Kier alpha value is -3.40. The van der Waals surface area contributed by atoms with Crippen LogP contribution >= 0.6 is 13.5 Å². The van der Waals surface area contributed by atoms with E-state index in [-0.39, 0.29) is 36.8 Å². The van der Waals surface area contributed by atoms with Gasteiger partial charge in [0.05, 0.1) is 23.2 Å². The van der Waals surface area contributed by atoms with Crippen LogP contribution in [0.15, 0.2) is 42.9 Å². The average molecular weight is 480 g/mol. The van der Waals surface area contributed by atoms with Crippen LogP contribution in [0.25, 0.3) is 10.9 Å². The number of hydrogen-bond donors (Lipinski definition) is 3. The fourth-order valence-electron chi connectivity index (χ4n) is 4.48. The van der Waals surface area contributed by atoms with Crippen LogP contribution in [0.1, 0.15) is 41.6 Å². The third-order valence-electron chi connectivity index (χ3n) is 6.46. The van der Waals surface area contributed by atoms with Crippen LogP contribution < -0.4 is 20.9 Å². The van der Waals surface area contributed by atoms with E-state index in [2.05, 4.69) is 37.8 Å². The quantitative estimate of drug-likeness (QED) is 0.497. The fourth-order valence-corrected chi connectivity index (χ4v) is 4.48. The van der Waals surface area contributed by atoms with Crippen molar-refractivity contribution in [1.82, 2.24) is 25.6 Å². The van der Waals surface area contributed by atoms with E-state index in [0.717, 1.165) is 41.7 Å². The highest BCUT2D eigenvalue weighted by molar-refractivity contribution is 7.59. The molecule has 1 aliphatic carbocycles. The molecule has 0 radical (unpaired) electrons. The van der Waals surface area contributed by atoms with Gasteiger partial charge in [-0.1, -0.05) is 25.1 Å². The Labute approximate surface area is 205 Å². The molecular weight excluding hydrogens is 450 g/mol. The second-order valence-electron chi connectivity index (χ2n) is 8.91. The summed E-state index contributed by atoms with van der Waals surface area (Å²) in [6.07, 6.45) is 5.24. The Bertz CT molecular complexity index is 1230. The minimum Gasteiger partial charge on any atom is -0.369 e. The lowest BCUT2D eigenvalue weighted by Crippen LogP contribution is -2.56. The Morgan fingerprint density at radius 3 is 2.82 bits per heavy atom. The molecule has 1 spiro atoms. The number of carbonyl (C=O) groups excluding carboxylic acids is 2. The molecule has 5 rings (SSSR count). The Kier molecular flexibility index (Phi) is 6.60. The van der Waals surface area contributed by atoms with Crippen molar-refractivity contribution in [2.75, 3.05) is 36.9 Å². The maximum absolute atomic E-state index is 12.3. The number of benzene rings is 1. The smallest absolute Gasteiger partial charge is 0.251 e. The highest BCUT2D eigenvalue weighted by Gasteiger charge is 2.48. The summed E-state index contributed by atoms with van der Waals surface area (Å²) in [5.74, 6) is 1.50. The maximum atomic E-state index is 12.3. The van der Waals surface area contributed by atoms with E-state index in [4.69, 9.17) is 0 Å². The second kappa shape index (κ2) is 9.46. The lowest BCUT2D eigenvalue weighted by Gasteiger charge is -2.34. The van der Waals surface area contributed by atoms with E-state index in [9.17, 15) is 9.59 Å². The molecule has 3 aromatic rings. The molecule has 0 unspecified atom stereocenters. The molecule has 178 valence electrons. The molecule has 1 saturated heterocycles. The molecule has 3 N–H and O–H groups in total. The zero-order valence-corrected chi connectivity index (χ0v) is 20.3. The van der Waals surface area contributed by atoms with E-state index in [0.29, 0.717) is 24.5 Å². The van der Waals surface area contributed by atoms with Crippen LogP contribution in [-0.4, -0.2) is 59.0 Å². The average Bonchev–Trinajstić information content (AvgIpc) is 3.58. The molecular formula is C24H29N7O2S.